The lowest BCUT2D eigenvalue weighted by molar-refractivity contribution is 0.243. The molecule has 1 atom stereocenters. The first-order chi connectivity index (χ1) is 12.0. The molecule has 3 N–H and O–H groups in total. The van der Waals surface area contributed by atoms with Crippen molar-refractivity contribution in [1.29, 1.82) is 0 Å². The van der Waals surface area contributed by atoms with Gasteiger partial charge < -0.3 is 20.5 Å². The number of ether oxygens (including phenoxy) is 1. The van der Waals surface area contributed by atoms with E-state index in [0.29, 0.717) is 18.4 Å². The molecule has 26 heavy (non-hydrogen) atoms. The first-order valence-electron chi connectivity index (χ1n) is 9.26. The number of nitrogens with zero attached hydrogens (tertiary/aromatic N) is 1. The number of aliphatic hydroxyl groups is 1. The van der Waals surface area contributed by atoms with Crippen molar-refractivity contribution in [3.8, 4) is 5.75 Å². The first kappa shape index (κ1) is 25.0. The number of hydrogen-bond acceptors (Lipinski definition) is 3. The smallest absolute Gasteiger partial charge is 0.191 e. The van der Waals surface area contributed by atoms with Crippen molar-refractivity contribution in [3.63, 3.8) is 0 Å². The number of aryl methyl sites for hydroxylation is 1. The monoisotopic (exact) mass is 477 g/mol. The zero-order valence-electron chi connectivity index (χ0n) is 16.8. The van der Waals surface area contributed by atoms with E-state index in [4.69, 9.17) is 4.74 Å². The molecular weight excluding hydrogens is 441 g/mol. The standard InChI is InChI=1S/C20H35N3O2.HI/c1-6-21-20(23-14-18(9-10-24)11-15(2)3)22-13-17-8-7-16(4)19(12-17)25-5;/h7-8,12,15,18,24H,6,9-11,13-14H2,1-5H3,(H2,21,22,23);1H. The highest BCUT2D eigenvalue weighted by atomic mass is 127. The fourth-order valence-electron chi connectivity index (χ4n) is 2.87. The zero-order valence-corrected chi connectivity index (χ0v) is 19.2. The second kappa shape index (κ2) is 14.1. The number of halogens is 1. The van der Waals surface area contributed by atoms with Crippen molar-refractivity contribution in [2.45, 2.75) is 47.1 Å². The summed E-state index contributed by atoms with van der Waals surface area (Å²) in [5, 5.41) is 16.0. The average Bonchev–Trinajstić information content (AvgIpc) is 2.58. The van der Waals surface area contributed by atoms with Crippen molar-refractivity contribution in [3.05, 3.63) is 29.3 Å². The molecule has 1 aromatic carbocycles. The Bertz CT molecular complexity index is 536. The van der Waals surface area contributed by atoms with Gasteiger partial charge in [0.1, 0.15) is 5.75 Å². The Morgan fingerprint density at radius 1 is 1.27 bits per heavy atom. The van der Waals surface area contributed by atoms with E-state index in [1.807, 2.05) is 13.0 Å². The zero-order chi connectivity index (χ0) is 18.7. The number of guanidine groups is 1. The van der Waals surface area contributed by atoms with E-state index in [9.17, 15) is 5.11 Å². The predicted molar refractivity (Wildman–Crippen MR) is 121 cm³/mol. The van der Waals surface area contributed by atoms with Crippen LogP contribution < -0.4 is 15.4 Å². The van der Waals surface area contributed by atoms with Crippen molar-refractivity contribution >= 4 is 29.9 Å². The maximum Gasteiger partial charge on any atom is 0.191 e. The molecule has 0 aliphatic heterocycles. The summed E-state index contributed by atoms with van der Waals surface area (Å²) < 4.78 is 5.38. The quantitative estimate of drug-likeness (QED) is 0.273. The molecule has 0 saturated heterocycles. The Balaban J connectivity index is 0.00000625. The van der Waals surface area contributed by atoms with Crippen LogP contribution in [0.3, 0.4) is 0 Å². The number of methoxy groups -OCH3 is 1. The van der Waals surface area contributed by atoms with Crippen LogP contribution in [-0.2, 0) is 6.54 Å². The molecule has 1 rings (SSSR count). The van der Waals surface area contributed by atoms with Crippen LogP contribution >= 0.6 is 24.0 Å². The summed E-state index contributed by atoms with van der Waals surface area (Å²) in [5.74, 6) is 2.78. The molecule has 6 heteroatoms. The van der Waals surface area contributed by atoms with Crippen molar-refractivity contribution in [2.24, 2.45) is 16.8 Å². The lowest BCUT2D eigenvalue weighted by Crippen LogP contribution is -2.40. The predicted octanol–water partition coefficient (Wildman–Crippen LogP) is 3.72. The largest absolute Gasteiger partial charge is 0.496 e. The molecule has 0 radical (unpaired) electrons. The van der Waals surface area contributed by atoms with Gasteiger partial charge in [-0.2, -0.15) is 0 Å². The highest BCUT2D eigenvalue weighted by Crippen LogP contribution is 2.19. The highest BCUT2D eigenvalue weighted by molar-refractivity contribution is 14.0. The minimum Gasteiger partial charge on any atom is -0.496 e. The third-order valence-electron chi connectivity index (χ3n) is 4.14. The summed E-state index contributed by atoms with van der Waals surface area (Å²) in [7, 11) is 1.69. The van der Waals surface area contributed by atoms with E-state index >= 15 is 0 Å². The minimum atomic E-state index is 0. The van der Waals surface area contributed by atoms with Crippen LogP contribution in [0.4, 0.5) is 0 Å². The van der Waals surface area contributed by atoms with E-state index < -0.39 is 0 Å². The molecule has 0 aliphatic rings. The Kier molecular flexibility index (Phi) is 13.5. The first-order valence-corrected chi connectivity index (χ1v) is 9.26. The number of rotatable bonds is 10. The number of aliphatic hydroxyl groups excluding tert-OH is 1. The van der Waals surface area contributed by atoms with Crippen LogP contribution in [0.2, 0.25) is 0 Å². The van der Waals surface area contributed by atoms with E-state index in [-0.39, 0.29) is 30.6 Å². The number of hydrogen-bond donors (Lipinski definition) is 3. The van der Waals surface area contributed by atoms with Gasteiger partial charge in [-0.25, -0.2) is 4.99 Å². The normalized spacial score (nSPS) is 12.5. The van der Waals surface area contributed by atoms with E-state index in [2.05, 4.69) is 48.5 Å². The van der Waals surface area contributed by atoms with Crippen LogP contribution in [0.1, 0.15) is 44.7 Å². The second-order valence-electron chi connectivity index (χ2n) is 6.89. The van der Waals surface area contributed by atoms with Crippen molar-refractivity contribution in [2.75, 3.05) is 26.8 Å². The highest BCUT2D eigenvalue weighted by Gasteiger charge is 2.11. The average molecular weight is 477 g/mol. The Hall–Kier alpha value is -1.02. The Morgan fingerprint density at radius 3 is 2.58 bits per heavy atom. The van der Waals surface area contributed by atoms with Crippen LogP contribution in [0, 0.1) is 18.8 Å². The molecule has 0 heterocycles. The van der Waals surface area contributed by atoms with Gasteiger partial charge in [-0.3, -0.25) is 0 Å². The van der Waals surface area contributed by atoms with Crippen molar-refractivity contribution in [1.82, 2.24) is 10.6 Å². The van der Waals surface area contributed by atoms with E-state index in [1.54, 1.807) is 7.11 Å². The molecule has 5 nitrogen and oxygen atoms in total. The molecular formula is C20H36IN3O2. The molecule has 1 unspecified atom stereocenters. The molecule has 0 fully saturated rings. The number of benzene rings is 1. The van der Waals surface area contributed by atoms with Gasteiger partial charge in [0.05, 0.1) is 13.7 Å². The van der Waals surface area contributed by atoms with Crippen molar-refractivity contribution < 1.29 is 9.84 Å². The van der Waals surface area contributed by atoms with Crippen LogP contribution in [0.15, 0.2) is 23.2 Å². The fraction of sp³-hybridized carbons (Fsp3) is 0.650. The number of aliphatic imine (C=N–C) groups is 1. The third kappa shape index (κ3) is 9.62. The Labute approximate surface area is 176 Å². The fourth-order valence-corrected chi connectivity index (χ4v) is 2.87. The van der Waals surface area contributed by atoms with Gasteiger partial charge in [0.25, 0.3) is 0 Å². The van der Waals surface area contributed by atoms with Gasteiger partial charge in [0.2, 0.25) is 0 Å². The molecule has 0 amide bonds. The van der Waals surface area contributed by atoms with E-state index in [1.165, 1.54) is 0 Å². The van der Waals surface area contributed by atoms with Gasteiger partial charge in [0.15, 0.2) is 5.96 Å². The maximum absolute atomic E-state index is 9.26. The topological polar surface area (TPSA) is 65.9 Å². The summed E-state index contributed by atoms with van der Waals surface area (Å²) in [6.45, 7) is 11.0. The van der Waals surface area contributed by atoms with Gasteiger partial charge in [-0.15, -0.1) is 24.0 Å². The molecule has 1 aromatic rings. The lowest BCUT2D eigenvalue weighted by atomic mass is 9.94. The van der Waals surface area contributed by atoms with E-state index in [0.717, 1.165) is 48.8 Å². The van der Waals surface area contributed by atoms with Gasteiger partial charge in [0, 0.05) is 19.7 Å². The molecule has 150 valence electrons. The summed E-state index contributed by atoms with van der Waals surface area (Å²) in [6.07, 6.45) is 1.92. The van der Waals surface area contributed by atoms with Gasteiger partial charge >= 0.3 is 0 Å². The van der Waals surface area contributed by atoms with Crippen LogP contribution in [-0.4, -0.2) is 37.9 Å². The van der Waals surface area contributed by atoms with Crippen LogP contribution in [0.25, 0.3) is 0 Å². The van der Waals surface area contributed by atoms with Gasteiger partial charge in [-0.1, -0.05) is 26.0 Å². The summed E-state index contributed by atoms with van der Waals surface area (Å²) in [4.78, 5) is 4.68. The summed E-state index contributed by atoms with van der Waals surface area (Å²) >= 11 is 0. The SMILES string of the molecule is CCNC(=NCc1ccc(C)c(OC)c1)NCC(CCO)CC(C)C.I. The molecule has 0 bridgehead atoms. The summed E-state index contributed by atoms with van der Waals surface area (Å²) in [6, 6.07) is 6.18. The molecule has 0 aromatic heterocycles. The Morgan fingerprint density at radius 2 is 2.00 bits per heavy atom. The van der Waals surface area contributed by atoms with Crippen LogP contribution in [0.5, 0.6) is 5.75 Å². The minimum absolute atomic E-state index is 0. The lowest BCUT2D eigenvalue weighted by Gasteiger charge is -2.20. The molecule has 0 spiro atoms. The third-order valence-corrected chi connectivity index (χ3v) is 4.14. The molecule has 0 saturated carbocycles. The second-order valence-corrected chi connectivity index (χ2v) is 6.89. The molecule has 0 aliphatic carbocycles. The number of nitrogens with one attached hydrogen (secondary N) is 2. The maximum atomic E-state index is 9.26. The van der Waals surface area contributed by atoms with Gasteiger partial charge in [-0.05, 0) is 55.7 Å². The summed E-state index contributed by atoms with van der Waals surface area (Å²) in [5.41, 5.74) is 2.24.